The maximum absolute atomic E-state index is 14.2. The molecule has 0 saturated carbocycles. The number of benzene rings is 1. The highest BCUT2D eigenvalue weighted by Gasteiger charge is 2.26. The minimum absolute atomic E-state index is 0.253. The Balaban J connectivity index is 3.34. The molecule has 1 aromatic rings. The van der Waals surface area contributed by atoms with Gasteiger partial charge in [0.2, 0.25) is 10.0 Å². The average Bonchev–Trinajstić information content (AvgIpc) is 2.19. The molecule has 7 heteroatoms. The molecule has 1 rings (SSSR count). The molecule has 0 heterocycles. The van der Waals surface area contributed by atoms with E-state index in [0.29, 0.717) is 10.0 Å². The summed E-state index contributed by atoms with van der Waals surface area (Å²) in [5.41, 5.74) is -0.373. The molecule has 0 bridgehead atoms. The molecule has 0 radical (unpaired) electrons. The quantitative estimate of drug-likeness (QED) is 0.874. The van der Waals surface area contributed by atoms with Crippen LogP contribution in [0.1, 0.15) is 26.3 Å². The van der Waals surface area contributed by atoms with Gasteiger partial charge in [0.05, 0.1) is 0 Å². The summed E-state index contributed by atoms with van der Waals surface area (Å²) in [4.78, 5) is -0.345. The van der Waals surface area contributed by atoms with Crippen molar-refractivity contribution in [2.45, 2.75) is 37.8 Å². The van der Waals surface area contributed by atoms with Crippen molar-refractivity contribution in [3.8, 4) is 0 Å². The number of halogens is 2. The van der Waals surface area contributed by atoms with Gasteiger partial charge < -0.3 is 5.32 Å². The van der Waals surface area contributed by atoms with Gasteiger partial charge >= 0.3 is 0 Å². The molecule has 0 aliphatic heterocycles. The lowest BCUT2D eigenvalue weighted by Crippen LogP contribution is -2.40. The third-order valence-corrected chi connectivity index (χ3v) is 4.39. The van der Waals surface area contributed by atoms with Gasteiger partial charge in [-0.2, -0.15) is 0 Å². The Morgan fingerprint density at radius 1 is 1.32 bits per heavy atom. The van der Waals surface area contributed by atoms with Gasteiger partial charge in [0.15, 0.2) is 0 Å². The molecule has 108 valence electrons. The van der Waals surface area contributed by atoms with Crippen LogP contribution < -0.4 is 10.0 Å². The van der Waals surface area contributed by atoms with E-state index in [2.05, 4.69) is 26.0 Å². The van der Waals surface area contributed by atoms with E-state index in [1.807, 2.05) is 0 Å². The Labute approximate surface area is 122 Å². The van der Waals surface area contributed by atoms with Gasteiger partial charge in [-0.15, -0.1) is 0 Å². The Morgan fingerprint density at radius 3 is 2.37 bits per heavy atom. The van der Waals surface area contributed by atoms with Crippen LogP contribution in [-0.2, 0) is 16.6 Å². The highest BCUT2D eigenvalue weighted by Crippen LogP contribution is 2.25. The number of rotatable bonds is 4. The lowest BCUT2D eigenvalue weighted by atomic mass is 10.1. The maximum Gasteiger partial charge on any atom is 0.244 e. The Hall–Kier alpha value is -0.500. The molecule has 0 spiro atoms. The molecule has 0 aromatic heterocycles. The van der Waals surface area contributed by atoms with E-state index in [1.165, 1.54) is 6.07 Å². The third-order valence-electron chi connectivity index (χ3n) is 2.18. The molecule has 4 nitrogen and oxygen atoms in total. The summed E-state index contributed by atoms with van der Waals surface area (Å²) < 4.78 is 41.6. The van der Waals surface area contributed by atoms with E-state index in [1.54, 1.807) is 33.9 Å². The Bertz CT molecular complexity index is 568. The van der Waals surface area contributed by atoms with Gasteiger partial charge in [-0.25, -0.2) is 17.5 Å². The fraction of sp³-hybridized carbons (Fsp3) is 0.500. The van der Waals surface area contributed by atoms with E-state index >= 15 is 0 Å². The summed E-state index contributed by atoms with van der Waals surface area (Å²) in [6.45, 7) is 5.36. The van der Waals surface area contributed by atoms with Crippen LogP contribution in [0.25, 0.3) is 0 Å². The summed E-state index contributed by atoms with van der Waals surface area (Å²) >= 11 is 3.20. The topological polar surface area (TPSA) is 58.2 Å². The van der Waals surface area contributed by atoms with E-state index in [-0.39, 0.29) is 11.4 Å². The van der Waals surface area contributed by atoms with E-state index < -0.39 is 21.4 Å². The fourth-order valence-electron chi connectivity index (χ4n) is 1.59. The van der Waals surface area contributed by atoms with Crippen LogP contribution in [0.15, 0.2) is 21.5 Å². The van der Waals surface area contributed by atoms with Gasteiger partial charge in [0.25, 0.3) is 0 Å². The molecule has 0 aliphatic rings. The van der Waals surface area contributed by atoms with Crippen molar-refractivity contribution in [3.63, 3.8) is 0 Å². The lowest BCUT2D eigenvalue weighted by molar-refractivity contribution is 0.484. The summed E-state index contributed by atoms with van der Waals surface area (Å²) in [5.74, 6) is -0.727. The second-order valence-corrected chi connectivity index (χ2v) is 7.83. The van der Waals surface area contributed by atoms with E-state index in [4.69, 9.17) is 0 Å². The molecule has 19 heavy (non-hydrogen) atoms. The van der Waals surface area contributed by atoms with Crippen molar-refractivity contribution in [2.24, 2.45) is 0 Å². The van der Waals surface area contributed by atoms with Crippen LogP contribution in [0.4, 0.5) is 4.39 Å². The zero-order valence-electron chi connectivity index (χ0n) is 11.3. The minimum atomic E-state index is -3.89. The molecule has 0 unspecified atom stereocenters. The number of hydrogen-bond donors (Lipinski definition) is 2. The second-order valence-electron chi connectivity index (χ2n) is 5.26. The first-order chi connectivity index (χ1) is 8.57. The van der Waals surface area contributed by atoms with Gasteiger partial charge in [-0.1, -0.05) is 15.9 Å². The standard InChI is InChI=1S/C12H18BrFN2O2S/c1-12(2,3)16-19(17,18)10-6-9(13)5-8(7-15-4)11(10)14/h5-6,15-16H,7H2,1-4H3. The second kappa shape index (κ2) is 5.87. The minimum Gasteiger partial charge on any atom is -0.316 e. The largest absolute Gasteiger partial charge is 0.316 e. The van der Waals surface area contributed by atoms with Gasteiger partial charge in [0.1, 0.15) is 10.7 Å². The van der Waals surface area contributed by atoms with Crippen molar-refractivity contribution in [1.29, 1.82) is 0 Å². The monoisotopic (exact) mass is 352 g/mol. The van der Waals surface area contributed by atoms with Crippen molar-refractivity contribution in [1.82, 2.24) is 10.0 Å². The maximum atomic E-state index is 14.2. The highest BCUT2D eigenvalue weighted by atomic mass is 79.9. The Kier molecular flexibility index (Phi) is 5.11. The van der Waals surface area contributed by atoms with Crippen molar-refractivity contribution in [3.05, 3.63) is 28.0 Å². The summed E-state index contributed by atoms with van der Waals surface area (Å²) in [5, 5.41) is 2.80. The predicted octanol–water partition coefficient (Wildman–Crippen LogP) is 2.38. The lowest BCUT2D eigenvalue weighted by Gasteiger charge is -2.21. The van der Waals surface area contributed by atoms with Crippen LogP contribution in [0.2, 0.25) is 0 Å². The first kappa shape index (κ1) is 16.6. The first-order valence-electron chi connectivity index (χ1n) is 5.73. The molecular formula is C12H18BrFN2O2S. The predicted molar refractivity (Wildman–Crippen MR) is 76.9 cm³/mol. The van der Waals surface area contributed by atoms with Crippen LogP contribution in [0, 0.1) is 5.82 Å². The fourth-order valence-corrected chi connectivity index (χ4v) is 3.81. The number of hydrogen-bond acceptors (Lipinski definition) is 3. The highest BCUT2D eigenvalue weighted by molar-refractivity contribution is 9.10. The van der Waals surface area contributed by atoms with Gasteiger partial charge in [-0.3, -0.25) is 0 Å². The Morgan fingerprint density at radius 2 is 1.89 bits per heavy atom. The van der Waals surface area contributed by atoms with E-state index in [9.17, 15) is 12.8 Å². The van der Waals surface area contributed by atoms with Crippen molar-refractivity contribution in [2.75, 3.05) is 7.05 Å². The van der Waals surface area contributed by atoms with Crippen molar-refractivity contribution < 1.29 is 12.8 Å². The van der Waals surface area contributed by atoms with Crippen LogP contribution in [0.3, 0.4) is 0 Å². The SMILES string of the molecule is CNCc1cc(Br)cc(S(=O)(=O)NC(C)(C)C)c1F. The molecule has 0 saturated heterocycles. The zero-order valence-corrected chi connectivity index (χ0v) is 13.7. The molecular weight excluding hydrogens is 335 g/mol. The number of nitrogens with one attached hydrogen (secondary N) is 2. The average molecular weight is 353 g/mol. The summed E-state index contributed by atoms with van der Waals surface area (Å²) in [6, 6.07) is 2.82. The molecule has 2 N–H and O–H groups in total. The normalized spacial score (nSPS) is 12.7. The first-order valence-corrected chi connectivity index (χ1v) is 8.01. The van der Waals surface area contributed by atoms with Gasteiger partial charge in [0, 0.05) is 22.1 Å². The summed E-state index contributed by atoms with van der Waals surface area (Å²) in [6.07, 6.45) is 0. The van der Waals surface area contributed by atoms with E-state index in [0.717, 1.165) is 0 Å². The molecule has 1 aromatic carbocycles. The molecule has 0 atom stereocenters. The van der Waals surface area contributed by atoms with Crippen LogP contribution in [0.5, 0.6) is 0 Å². The molecule has 0 fully saturated rings. The van der Waals surface area contributed by atoms with Crippen molar-refractivity contribution >= 4 is 26.0 Å². The number of sulfonamides is 1. The smallest absolute Gasteiger partial charge is 0.244 e. The molecule has 0 amide bonds. The zero-order chi connectivity index (χ0) is 14.8. The van der Waals surface area contributed by atoms with Crippen LogP contribution >= 0.6 is 15.9 Å². The molecule has 0 aliphatic carbocycles. The van der Waals surface area contributed by atoms with Gasteiger partial charge in [-0.05, 0) is 40.0 Å². The summed E-state index contributed by atoms with van der Waals surface area (Å²) in [7, 11) is -2.23. The third kappa shape index (κ3) is 4.52. The van der Waals surface area contributed by atoms with Crippen LogP contribution in [-0.4, -0.2) is 21.0 Å².